The molecule has 0 aliphatic carbocycles. The predicted molar refractivity (Wildman–Crippen MR) is 149 cm³/mol. The molecule has 0 saturated heterocycles. The Bertz CT molecular complexity index is 895. The number of hydrogen-bond donors (Lipinski definition) is 3. The minimum atomic E-state index is -0.962. The van der Waals surface area contributed by atoms with Crippen LogP contribution in [0.5, 0.6) is 0 Å². The summed E-state index contributed by atoms with van der Waals surface area (Å²) in [6.45, 7) is 17.8. The number of ether oxygens (including phenoxy) is 1. The van der Waals surface area contributed by atoms with Gasteiger partial charge in [0.2, 0.25) is 11.8 Å². The molecule has 0 bridgehead atoms. The van der Waals surface area contributed by atoms with Gasteiger partial charge in [-0.2, -0.15) is 12.6 Å². The first-order valence-corrected chi connectivity index (χ1v) is 13.6. The van der Waals surface area contributed by atoms with Crippen molar-refractivity contribution in [3.8, 4) is 0 Å². The number of hydrogen-bond acceptors (Lipinski definition) is 5. The van der Waals surface area contributed by atoms with Crippen molar-refractivity contribution in [2.24, 2.45) is 0 Å². The molecule has 0 radical (unpaired) electrons. The lowest BCUT2D eigenvalue weighted by Crippen LogP contribution is -2.60. The highest BCUT2D eigenvalue weighted by molar-refractivity contribution is 7.80. The summed E-state index contributed by atoms with van der Waals surface area (Å²) in [5.74, 6) is -0.555. The number of unbranched alkanes of at least 4 members (excludes halogenated alkanes) is 2. The topological polar surface area (TPSA) is 87.7 Å². The molecule has 204 valence electrons. The van der Waals surface area contributed by atoms with Gasteiger partial charge < -0.3 is 20.3 Å². The number of nitrogens with zero attached hydrogens (tertiary/aromatic N) is 1. The van der Waals surface area contributed by atoms with E-state index in [2.05, 4.69) is 30.2 Å². The van der Waals surface area contributed by atoms with Crippen LogP contribution >= 0.6 is 12.6 Å². The summed E-state index contributed by atoms with van der Waals surface area (Å²) in [5, 5.41) is 5.71. The van der Waals surface area contributed by atoms with Crippen LogP contribution in [-0.2, 0) is 14.3 Å². The van der Waals surface area contributed by atoms with Crippen LogP contribution in [0.2, 0.25) is 0 Å². The van der Waals surface area contributed by atoms with Crippen LogP contribution in [0.1, 0.15) is 96.9 Å². The van der Waals surface area contributed by atoms with Crippen LogP contribution in [-0.4, -0.2) is 52.3 Å². The third-order valence-corrected chi connectivity index (χ3v) is 6.72. The molecule has 1 aromatic rings. The van der Waals surface area contributed by atoms with Gasteiger partial charge in [0, 0.05) is 17.8 Å². The van der Waals surface area contributed by atoms with E-state index in [4.69, 9.17) is 4.74 Å². The summed E-state index contributed by atoms with van der Waals surface area (Å²) < 4.78 is 5.38. The highest BCUT2D eigenvalue weighted by Crippen LogP contribution is 2.33. The van der Waals surface area contributed by atoms with Crippen LogP contribution in [0.3, 0.4) is 0 Å². The Morgan fingerprint density at radius 2 is 1.67 bits per heavy atom. The first kappa shape index (κ1) is 31.8. The van der Waals surface area contributed by atoms with Crippen molar-refractivity contribution in [1.29, 1.82) is 0 Å². The zero-order chi connectivity index (χ0) is 27.7. The third-order valence-electron chi connectivity index (χ3n) is 6.36. The summed E-state index contributed by atoms with van der Waals surface area (Å²) >= 11 is 4.36. The molecule has 0 heterocycles. The normalized spacial score (nSPS) is 13.5. The lowest BCUT2D eigenvalue weighted by atomic mass is 9.91. The van der Waals surface area contributed by atoms with E-state index in [1.54, 1.807) is 25.7 Å². The van der Waals surface area contributed by atoms with Gasteiger partial charge in [-0.05, 0) is 78.0 Å². The van der Waals surface area contributed by atoms with E-state index in [1.807, 2.05) is 52.8 Å². The van der Waals surface area contributed by atoms with Crippen molar-refractivity contribution >= 4 is 30.5 Å². The number of nitrogens with one attached hydrogen (secondary N) is 2. The van der Waals surface area contributed by atoms with Crippen molar-refractivity contribution < 1.29 is 19.1 Å². The highest BCUT2D eigenvalue weighted by atomic mass is 32.1. The minimum Gasteiger partial charge on any atom is -0.444 e. The maximum Gasteiger partial charge on any atom is 0.408 e. The molecule has 0 aliphatic heterocycles. The first-order chi connectivity index (χ1) is 16.7. The molecule has 2 unspecified atom stereocenters. The maximum atomic E-state index is 14.1. The third kappa shape index (κ3) is 9.34. The zero-order valence-corrected chi connectivity index (χ0v) is 24.6. The fourth-order valence-electron chi connectivity index (χ4n) is 3.78. The average molecular weight is 522 g/mol. The van der Waals surface area contributed by atoms with E-state index in [0.717, 1.165) is 36.0 Å². The van der Waals surface area contributed by atoms with Crippen molar-refractivity contribution in [2.75, 3.05) is 12.3 Å². The smallest absolute Gasteiger partial charge is 0.408 e. The fraction of sp³-hybridized carbons (Fsp3) is 0.679. The number of benzene rings is 1. The van der Waals surface area contributed by atoms with Gasteiger partial charge in [0.25, 0.3) is 0 Å². The number of thiol groups is 1. The van der Waals surface area contributed by atoms with Crippen molar-refractivity contribution in [2.45, 2.75) is 111 Å². The molecule has 2 atom stereocenters. The van der Waals surface area contributed by atoms with Gasteiger partial charge in [0.05, 0.1) is 0 Å². The molecule has 1 aromatic carbocycles. The Morgan fingerprint density at radius 1 is 1.03 bits per heavy atom. The average Bonchev–Trinajstić information content (AvgIpc) is 2.78. The van der Waals surface area contributed by atoms with Gasteiger partial charge in [0.15, 0.2) is 0 Å². The quantitative estimate of drug-likeness (QED) is 0.251. The number of rotatable bonds is 12. The number of amides is 3. The molecule has 36 heavy (non-hydrogen) atoms. The zero-order valence-electron chi connectivity index (χ0n) is 23.7. The van der Waals surface area contributed by atoms with E-state index >= 15 is 0 Å². The van der Waals surface area contributed by atoms with E-state index in [-0.39, 0.29) is 17.6 Å². The predicted octanol–water partition coefficient (Wildman–Crippen LogP) is 5.49. The van der Waals surface area contributed by atoms with Gasteiger partial charge in [-0.25, -0.2) is 4.79 Å². The van der Waals surface area contributed by atoms with E-state index in [9.17, 15) is 14.4 Å². The minimum absolute atomic E-state index is 0.0616. The first-order valence-electron chi connectivity index (χ1n) is 13.0. The monoisotopic (exact) mass is 521 g/mol. The Balaban J connectivity index is 3.51. The standard InChI is InChI=1S/C28H47N3O4S/c1-10-12-13-16-29-24(32)23(21-15-14-19(3)20(4)17-21)31(28(8,9)11-2)25(33)22(18-36)30-26(34)35-27(5,6)7/h14-15,17,22-23,36H,10-13,16,18H2,1-9H3,(H,29,32)(H,30,34). The SMILES string of the molecule is CCCCCNC(=O)C(c1ccc(C)c(C)c1)N(C(=O)C(CS)NC(=O)OC(C)(C)C)C(C)(C)CC. The van der Waals surface area contributed by atoms with Crippen LogP contribution in [0.15, 0.2) is 18.2 Å². The second-order valence-electron chi connectivity index (χ2n) is 11.0. The van der Waals surface area contributed by atoms with Crippen LogP contribution in [0.4, 0.5) is 4.79 Å². The summed E-state index contributed by atoms with van der Waals surface area (Å²) in [6, 6.07) is 4.02. The molecule has 0 fully saturated rings. The Labute approximate surface area is 223 Å². The lowest BCUT2D eigenvalue weighted by Gasteiger charge is -2.44. The molecule has 8 heteroatoms. The van der Waals surface area contributed by atoms with Gasteiger partial charge >= 0.3 is 6.09 Å². The largest absolute Gasteiger partial charge is 0.444 e. The number of aryl methyl sites for hydroxylation is 2. The number of alkyl carbamates (subject to hydrolysis) is 1. The molecule has 3 amide bonds. The second kappa shape index (κ2) is 13.9. The van der Waals surface area contributed by atoms with E-state index < -0.39 is 29.3 Å². The Hall–Kier alpha value is -2.22. The summed E-state index contributed by atoms with van der Waals surface area (Å²) in [5.41, 5.74) is 1.48. The molecule has 1 rings (SSSR count). The Morgan fingerprint density at radius 3 is 2.17 bits per heavy atom. The van der Waals surface area contributed by atoms with Crippen LogP contribution in [0.25, 0.3) is 0 Å². The van der Waals surface area contributed by atoms with E-state index in [1.165, 1.54) is 0 Å². The van der Waals surface area contributed by atoms with Crippen molar-refractivity contribution in [1.82, 2.24) is 15.5 Å². The molecule has 0 saturated carbocycles. The number of carbonyl (C=O) groups is 3. The summed E-state index contributed by atoms with van der Waals surface area (Å²) in [7, 11) is 0. The fourth-order valence-corrected chi connectivity index (χ4v) is 4.03. The molecule has 2 N–H and O–H groups in total. The molecule has 0 aliphatic rings. The van der Waals surface area contributed by atoms with Crippen molar-refractivity contribution in [3.63, 3.8) is 0 Å². The lowest BCUT2D eigenvalue weighted by molar-refractivity contribution is -0.148. The molecular weight excluding hydrogens is 474 g/mol. The van der Waals surface area contributed by atoms with Gasteiger partial charge in [-0.15, -0.1) is 0 Å². The Kier molecular flexibility index (Phi) is 12.3. The van der Waals surface area contributed by atoms with Crippen LogP contribution in [0, 0.1) is 13.8 Å². The molecular formula is C28H47N3O4S. The second-order valence-corrected chi connectivity index (χ2v) is 11.4. The van der Waals surface area contributed by atoms with Gasteiger partial charge in [0.1, 0.15) is 17.7 Å². The summed E-state index contributed by atoms with van der Waals surface area (Å²) in [6.07, 6.45) is 2.83. The van der Waals surface area contributed by atoms with Gasteiger partial charge in [-0.1, -0.05) is 44.9 Å². The number of carbonyl (C=O) groups excluding carboxylic acids is 3. The van der Waals surface area contributed by atoms with Crippen molar-refractivity contribution in [3.05, 3.63) is 34.9 Å². The molecule has 7 nitrogen and oxygen atoms in total. The summed E-state index contributed by atoms with van der Waals surface area (Å²) in [4.78, 5) is 41.9. The molecule has 0 aromatic heterocycles. The highest BCUT2D eigenvalue weighted by Gasteiger charge is 2.42. The van der Waals surface area contributed by atoms with Gasteiger partial charge in [-0.3, -0.25) is 9.59 Å². The van der Waals surface area contributed by atoms with Crippen LogP contribution < -0.4 is 10.6 Å². The molecule has 0 spiro atoms. The van der Waals surface area contributed by atoms with E-state index in [0.29, 0.717) is 13.0 Å². The maximum absolute atomic E-state index is 14.1.